The summed E-state index contributed by atoms with van der Waals surface area (Å²) in [5.74, 6) is 0. The Bertz CT molecular complexity index is 1140. The number of para-hydroxylation sites is 1. The van der Waals surface area contributed by atoms with Gasteiger partial charge in [0.05, 0.1) is 16.9 Å². The number of hydrazone groups is 1. The maximum Gasteiger partial charge on any atom is 0.0703 e. The van der Waals surface area contributed by atoms with Crippen LogP contribution >= 0.6 is 11.6 Å². The van der Waals surface area contributed by atoms with Crippen LogP contribution < -0.4 is 5.43 Å². The molecule has 4 aromatic rings. The van der Waals surface area contributed by atoms with Crippen LogP contribution in [0, 0.1) is 0 Å². The third kappa shape index (κ3) is 2.90. The van der Waals surface area contributed by atoms with Crippen molar-refractivity contribution in [2.24, 2.45) is 5.10 Å². The average molecular weight is 372 g/mol. The van der Waals surface area contributed by atoms with Gasteiger partial charge in [-0.3, -0.25) is 5.43 Å². The molecule has 1 aliphatic carbocycles. The molecule has 1 N–H and O–H groups in total. The van der Waals surface area contributed by atoms with E-state index in [9.17, 15) is 0 Å². The number of benzene rings is 2. The number of aromatic nitrogens is 1. The summed E-state index contributed by atoms with van der Waals surface area (Å²) in [5, 5.41) is 5.47. The van der Waals surface area contributed by atoms with Gasteiger partial charge >= 0.3 is 0 Å². The SMILES string of the molecule is Clc1ccc(-c2cn3cccc4c3c2CCC4=NNc2ccccc2)cc1. The standard InChI is InChI=1S/C23H18ClN3/c24-17-10-8-16(9-11-17)21-15-27-14-4-7-20-22(13-12-19(21)23(20)27)26-25-18-5-2-1-3-6-18/h1-11,14-15,25H,12-13H2. The number of nitrogens with zero attached hydrogens (tertiary/aromatic N) is 2. The Morgan fingerprint density at radius 2 is 1.67 bits per heavy atom. The summed E-state index contributed by atoms with van der Waals surface area (Å²) in [7, 11) is 0. The molecular formula is C23H18ClN3. The summed E-state index contributed by atoms with van der Waals surface area (Å²) in [5.41, 5.74) is 11.6. The van der Waals surface area contributed by atoms with Crippen LogP contribution in [0.15, 0.2) is 84.2 Å². The Morgan fingerprint density at radius 3 is 2.48 bits per heavy atom. The van der Waals surface area contributed by atoms with Crippen LogP contribution in [0.2, 0.25) is 5.02 Å². The van der Waals surface area contributed by atoms with E-state index in [1.807, 2.05) is 42.5 Å². The van der Waals surface area contributed by atoms with Crippen LogP contribution in [-0.4, -0.2) is 10.1 Å². The van der Waals surface area contributed by atoms with Crippen molar-refractivity contribution in [3.05, 3.63) is 95.3 Å². The van der Waals surface area contributed by atoms with Crippen molar-refractivity contribution in [2.75, 3.05) is 5.43 Å². The van der Waals surface area contributed by atoms with Crippen molar-refractivity contribution >= 4 is 28.5 Å². The number of hydrogen-bond donors (Lipinski definition) is 1. The van der Waals surface area contributed by atoms with Gasteiger partial charge in [-0.05, 0) is 60.4 Å². The number of anilines is 1. The lowest BCUT2D eigenvalue weighted by Gasteiger charge is -2.17. The maximum absolute atomic E-state index is 6.06. The zero-order valence-electron chi connectivity index (χ0n) is 14.7. The van der Waals surface area contributed by atoms with Crippen molar-refractivity contribution in [1.29, 1.82) is 0 Å². The van der Waals surface area contributed by atoms with E-state index in [-0.39, 0.29) is 0 Å². The Balaban J connectivity index is 1.60. The second-order valence-corrected chi connectivity index (χ2v) is 7.18. The molecule has 5 rings (SSSR count). The molecule has 4 heteroatoms. The van der Waals surface area contributed by atoms with Crippen molar-refractivity contribution in [3.63, 3.8) is 0 Å². The number of aryl methyl sites for hydroxylation is 1. The summed E-state index contributed by atoms with van der Waals surface area (Å²) in [6.45, 7) is 0. The predicted molar refractivity (Wildman–Crippen MR) is 113 cm³/mol. The van der Waals surface area contributed by atoms with E-state index in [4.69, 9.17) is 16.7 Å². The van der Waals surface area contributed by atoms with Crippen LogP contribution in [0.5, 0.6) is 0 Å². The molecule has 2 aromatic carbocycles. The van der Waals surface area contributed by atoms with Crippen LogP contribution in [0.25, 0.3) is 16.6 Å². The molecule has 0 saturated carbocycles. The van der Waals surface area contributed by atoms with E-state index in [2.05, 4.69) is 46.5 Å². The highest BCUT2D eigenvalue weighted by molar-refractivity contribution is 6.30. The molecule has 2 aromatic heterocycles. The fraction of sp³-hybridized carbons (Fsp3) is 0.0870. The van der Waals surface area contributed by atoms with E-state index in [1.165, 1.54) is 27.8 Å². The molecule has 0 aliphatic heterocycles. The fourth-order valence-electron chi connectivity index (χ4n) is 3.80. The Hall–Kier alpha value is -3.04. The van der Waals surface area contributed by atoms with Crippen LogP contribution in [0.3, 0.4) is 0 Å². The smallest absolute Gasteiger partial charge is 0.0703 e. The van der Waals surface area contributed by atoms with Gasteiger partial charge in [-0.25, -0.2) is 0 Å². The third-order valence-corrected chi connectivity index (χ3v) is 5.33. The first-order valence-electron chi connectivity index (χ1n) is 9.06. The predicted octanol–water partition coefficient (Wildman–Crippen LogP) is 6.02. The van der Waals surface area contributed by atoms with Crippen molar-refractivity contribution in [3.8, 4) is 11.1 Å². The lowest BCUT2D eigenvalue weighted by Crippen LogP contribution is -2.13. The molecule has 1 aliphatic rings. The number of pyridine rings is 1. The number of rotatable bonds is 3. The summed E-state index contributed by atoms with van der Waals surface area (Å²) in [6, 6.07) is 22.4. The van der Waals surface area contributed by atoms with E-state index in [1.54, 1.807) is 0 Å². The summed E-state index contributed by atoms with van der Waals surface area (Å²) in [6.07, 6.45) is 6.21. The van der Waals surface area contributed by atoms with Gasteiger partial charge < -0.3 is 4.40 Å². The highest BCUT2D eigenvalue weighted by Crippen LogP contribution is 2.35. The Kier molecular flexibility index (Phi) is 3.95. The molecule has 0 atom stereocenters. The van der Waals surface area contributed by atoms with Crippen LogP contribution in [0.4, 0.5) is 5.69 Å². The first-order chi connectivity index (χ1) is 13.3. The average Bonchev–Trinajstić information content (AvgIpc) is 3.09. The lowest BCUT2D eigenvalue weighted by atomic mass is 9.90. The lowest BCUT2D eigenvalue weighted by molar-refractivity contribution is 1.02. The zero-order valence-corrected chi connectivity index (χ0v) is 15.4. The molecule has 132 valence electrons. The van der Waals surface area contributed by atoms with Gasteiger partial charge in [-0.2, -0.15) is 5.10 Å². The maximum atomic E-state index is 6.06. The summed E-state index contributed by atoms with van der Waals surface area (Å²) < 4.78 is 2.21. The minimum atomic E-state index is 0.762. The second-order valence-electron chi connectivity index (χ2n) is 6.74. The van der Waals surface area contributed by atoms with Gasteiger partial charge in [0.15, 0.2) is 0 Å². The van der Waals surface area contributed by atoms with E-state index < -0.39 is 0 Å². The number of hydrogen-bond acceptors (Lipinski definition) is 2. The molecule has 2 heterocycles. The molecule has 0 radical (unpaired) electrons. The summed E-state index contributed by atoms with van der Waals surface area (Å²) >= 11 is 6.06. The molecular weight excluding hydrogens is 354 g/mol. The van der Waals surface area contributed by atoms with Crippen molar-refractivity contribution in [2.45, 2.75) is 12.8 Å². The van der Waals surface area contributed by atoms with Gasteiger partial charge in [-0.15, -0.1) is 0 Å². The summed E-state index contributed by atoms with van der Waals surface area (Å²) in [4.78, 5) is 0. The van der Waals surface area contributed by atoms with Crippen molar-refractivity contribution < 1.29 is 0 Å². The fourth-order valence-corrected chi connectivity index (χ4v) is 3.92. The topological polar surface area (TPSA) is 28.8 Å². The zero-order chi connectivity index (χ0) is 18.2. The highest BCUT2D eigenvalue weighted by atomic mass is 35.5. The van der Waals surface area contributed by atoms with Gasteiger partial charge in [0.1, 0.15) is 0 Å². The van der Waals surface area contributed by atoms with E-state index in [0.717, 1.165) is 29.3 Å². The van der Waals surface area contributed by atoms with Gasteiger partial charge in [0.2, 0.25) is 0 Å². The largest absolute Gasteiger partial charge is 0.322 e. The minimum Gasteiger partial charge on any atom is -0.322 e. The highest BCUT2D eigenvalue weighted by Gasteiger charge is 2.22. The van der Waals surface area contributed by atoms with Crippen LogP contribution in [0.1, 0.15) is 17.5 Å². The molecule has 27 heavy (non-hydrogen) atoms. The molecule has 3 nitrogen and oxygen atoms in total. The molecule has 0 saturated heterocycles. The number of halogens is 1. The van der Waals surface area contributed by atoms with Crippen LogP contribution in [-0.2, 0) is 6.42 Å². The molecule has 0 bridgehead atoms. The van der Waals surface area contributed by atoms with Gasteiger partial charge in [0.25, 0.3) is 0 Å². The van der Waals surface area contributed by atoms with E-state index in [0.29, 0.717) is 0 Å². The van der Waals surface area contributed by atoms with E-state index >= 15 is 0 Å². The molecule has 0 spiro atoms. The minimum absolute atomic E-state index is 0.762. The quantitative estimate of drug-likeness (QED) is 0.438. The Labute approximate surface area is 162 Å². The first kappa shape index (κ1) is 16.2. The molecule has 0 amide bonds. The number of nitrogens with one attached hydrogen (secondary N) is 1. The van der Waals surface area contributed by atoms with Crippen molar-refractivity contribution in [1.82, 2.24) is 4.40 Å². The van der Waals surface area contributed by atoms with Gasteiger partial charge in [0, 0.05) is 28.5 Å². The molecule has 0 unspecified atom stereocenters. The molecule has 0 fully saturated rings. The monoisotopic (exact) mass is 371 g/mol. The first-order valence-corrected chi connectivity index (χ1v) is 9.44. The Morgan fingerprint density at radius 1 is 0.852 bits per heavy atom. The second kappa shape index (κ2) is 6.60. The third-order valence-electron chi connectivity index (χ3n) is 5.07. The normalized spacial score (nSPS) is 14.6. The van der Waals surface area contributed by atoms with Gasteiger partial charge in [-0.1, -0.05) is 41.9 Å².